The van der Waals surface area contributed by atoms with Gasteiger partial charge >= 0.3 is 0 Å². The highest BCUT2D eigenvalue weighted by molar-refractivity contribution is 5.93. The minimum Gasteiger partial charge on any atom is -0.381 e. The molecule has 0 bridgehead atoms. The molecular formula is C38H41N. The zero-order valence-electron chi connectivity index (χ0n) is 24.1. The summed E-state index contributed by atoms with van der Waals surface area (Å²) in [6.45, 7) is 11.2. The molecular weight excluding hydrogens is 470 g/mol. The van der Waals surface area contributed by atoms with E-state index in [1.165, 1.54) is 49.8 Å². The van der Waals surface area contributed by atoms with Crippen molar-refractivity contribution in [1.29, 1.82) is 0 Å². The van der Waals surface area contributed by atoms with E-state index in [0.717, 1.165) is 25.7 Å². The van der Waals surface area contributed by atoms with E-state index in [9.17, 15) is 0 Å². The number of aryl methyl sites for hydroxylation is 4. The summed E-state index contributed by atoms with van der Waals surface area (Å²) >= 11 is 0. The van der Waals surface area contributed by atoms with Gasteiger partial charge in [-0.3, -0.25) is 0 Å². The van der Waals surface area contributed by atoms with Crippen molar-refractivity contribution >= 4 is 16.5 Å². The van der Waals surface area contributed by atoms with Crippen molar-refractivity contribution in [3.63, 3.8) is 0 Å². The van der Waals surface area contributed by atoms with Gasteiger partial charge in [-0.25, -0.2) is 0 Å². The lowest BCUT2D eigenvalue weighted by molar-refractivity contribution is 0.356. The molecule has 1 N–H and O–H groups in total. The van der Waals surface area contributed by atoms with Crippen molar-refractivity contribution in [2.45, 2.75) is 77.7 Å². The second kappa shape index (κ2) is 10.2. The summed E-state index contributed by atoms with van der Waals surface area (Å²) in [4.78, 5) is 0. The Balaban J connectivity index is 1.59. The van der Waals surface area contributed by atoms with Gasteiger partial charge in [0.05, 0.1) is 0 Å². The highest BCUT2D eigenvalue weighted by Gasteiger charge is 2.49. The van der Waals surface area contributed by atoms with Crippen molar-refractivity contribution in [3.8, 4) is 0 Å². The van der Waals surface area contributed by atoms with Crippen LogP contribution < -0.4 is 5.32 Å². The summed E-state index contributed by atoms with van der Waals surface area (Å²) < 4.78 is 0. The summed E-state index contributed by atoms with van der Waals surface area (Å²) in [6, 6.07) is 26.1. The van der Waals surface area contributed by atoms with E-state index in [1.807, 2.05) is 0 Å². The lowest BCUT2D eigenvalue weighted by Gasteiger charge is -2.50. The molecule has 198 valence electrons. The molecule has 0 fully saturated rings. The van der Waals surface area contributed by atoms with Crippen molar-refractivity contribution in [2.24, 2.45) is 0 Å². The predicted molar refractivity (Wildman–Crippen MR) is 168 cm³/mol. The first-order valence-electron chi connectivity index (χ1n) is 14.7. The fourth-order valence-electron chi connectivity index (χ4n) is 7.76. The maximum absolute atomic E-state index is 4.13. The maximum atomic E-state index is 4.13. The highest BCUT2D eigenvalue weighted by Crippen LogP contribution is 2.54. The molecule has 6 rings (SSSR count). The third kappa shape index (κ3) is 4.33. The van der Waals surface area contributed by atoms with Crippen LogP contribution in [0.25, 0.3) is 10.8 Å². The minimum atomic E-state index is -0.0774. The standard InChI is InChI=1S/C38H41N/c1-6-7-8-11-27(4)33-14-10-15-34(28(33)5)38-21-20-30-13-9-12-29-16-17-31(37(38)36(29)30)18-19-35(38)39-32-23-25(2)22-26(3)24-32/h6-17,22-24,27,35,39H,18-21H2,1-5H3/b7-6-,11-8-. The third-order valence-electron chi connectivity index (χ3n) is 9.36. The van der Waals surface area contributed by atoms with Gasteiger partial charge in [-0.15, -0.1) is 0 Å². The van der Waals surface area contributed by atoms with Gasteiger partial charge in [0.1, 0.15) is 0 Å². The second-order valence-corrected chi connectivity index (χ2v) is 11.9. The van der Waals surface area contributed by atoms with Gasteiger partial charge in [-0.05, 0) is 127 Å². The maximum Gasteiger partial charge on any atom is 0.0418 e. The Bertz CT molecular complexity index is 1580. The number of anilines is 1. The Kier molecular flexibility index (Phi) is 6.71. The largest absolute Gasteiger partial charge is 0.381 e. The first-order chi connectivity index (χ1) is 18.9. The molecule has 0 spiro atoms. The van der Waals surface area contributed by atoms with Gasteiger partial charge in [-0.1, -0.05) is 85.8 Å². The molecule has 3 unspecified atom stereocenters. The lowest BCUT2D eigenvalue weighted by atomic mass is 9.56. The summed E-state index contributed by atoms with van der Waals surface area (Å²) in [7, 11) is 0. The SMILES string of the molecule is C/C=C\C=C/C(C)c1cccc(C23CCc4cccc5ccc(c2c45)CCC3Nc2cc(C)cc(C)c2)c1C. The molecule has 0 heterocycles. The molecule has 4 aromatic carbocycles. The Morgan fingerprint density at radius 2 is 1.67 bits per heavy atom. The number of allylic oxidation sites excluding steroid dienone is 4. The van der Waals surface area contributed by atoms with Crippen LogP contribution in [0, 0.1) is 20.8 Å². The van der Waals surface area contributed by atoms with E-state index in [4.69, 9.17) is 0 Å². The molecule has 4 aromatic rings. The summed E-state index contributed by atoms with van der Waals surface area (Å²) in [5, 5.41) is 7.03. The van der Waals surface area contributed by atoms with Crippen LogP contribution in [0.3, 0.4) is 0 Å². The number of hydrogen-bond donors (Lipinski definition) is 1. The van der Waals surface area contributed by atoms with Crippen molar-refractivity contribution in [3.05, 3.63) is 136 Å². The quantitative estimate of drug-likeness (QED) is 0.254. The van der Waals surface area contributed by atoms with E-state index < -0.39 is 0 Å². The van der Waals surface area contributed by atoms with E-state index in [1.54, 1.807) is 11.1 Å². The first-order valence-corrected chi connectivity index (χ1v) is 14.7. The van der Waals surface area contributed by atoms with Gasteiger partial charge in [0.15, 0.2) is 0 Å². The normalized spacial score (nSPS) is 21.1. The Morgan fingerprint density at radius 3 is 2.46 bits per heavy atom. The molecule has 1 heteroatoms. The van der Waals surface area contributed by atoms with Crippen LogP contribution in [0.5, 0.6) is 0 Å². The molecule has 1 nitrogen and oxygen atoms in total. The monoisotopic (exact) mass is 511 g/mol. The average molecular weight is 512 g/mol. The predicted octanol–water partition coefficient (Wildman–Crippen LogP) is 9.66. The summed E-state index contributed by atoms with van der Waals surface area (Å²) in [5.74, 6) is 0.359. The van der Waals surface area contributed by atoms with Crippen LogP contribution in [0.1, 0.15) is 77.1 Å². The molecule has 39 heavy (non-hydrogen) atoms. The smallest absolute Gasteiger partial charge is 0.0418 e. The number of rotatable bonds is 6. The van der Waals surface area contributed by atoms with Gasteiger partial charge in [0.2, 0.25) is 0 Å². The molecule has 0 aliphatic heterocycles. The number of benzene rings is 4. The number of nitrogens with one attached hydrogen (secondary N) is 1. The van der Waals surface area contributed by atoms with Crippen LogP contribution in [0.15, 0.2) is 91.0 Å². The van der Waals surface area contributed by atoms with Crippen molar-refractivity contribution < 1.29 is 0 Å². The highest BCUT2D eigenvalue weighted by atomic mass is 14.9. The van der Waals surface area contributed by atoms with Gasteiger partial charge in [0.25, 0.3) is 0 Å². The van der Waals surface area contributed by atoms with Gasteiger partial charge < -0.3 is 5.32 Å². The van der Waals surface area contributed by atoms with E-state index in [-0.39, 0.29) is 5.41 Å². The molecule has 0 amide bonds. The Morgan fingerprint density at radius 1 is 0.872 bits per heavy atom. The zero-order valence-corrected chi connectivity index (χ0v) is 24.1. The van der Waals surface area contributed by atoms with Crippen LogP contribution in [0.2, 0.25) is 0 Å². The molecule has 0 saturated carbocycles. The number of hydrogen-bond acceptors (Lipinski definition) is 1. The fourth-order valence-corrected chi connectivity index (χ4v) is 7.76. The average Bonchev–Trinajstić information content (AvgIpc) is 2.92. The third-order valence-corrected chi connectivity index (χ3v) is 9.36. The van der Waals surface area contributed by atoms with Crippen LogP contribution >= 0.6 is 0 Å². The Hall–Kier alpha value is -3.58. The topological polar surface area (TPSA) is 12.0 Å². The van der Waals surface area contributed by atoms with Crippen LogP contribution in [-0.4, -0.2) is 6.04 Å². The summed E-state index contributed by atoms with van der Waals surface area (Å²) in [5.41, 5.74) is 12.9. The van der Waals surface area contributed by atoms with Crippen molar-refractivity contribution in [1.82, 2.24) is 0 Å². The van der Waals surface area contributed by atoms with Gasteiger partial charge in [-0.2, -0.15) is 0 Å². The first kappa shape index (κ1) is 25.7. The lowest BCUT2D eigenvalue weighted by Crippen LogP contribution is -2.51. The molecule has 2 aliphatic rings. The zero-order chi connectivity index (χ0) is 27.1. The second-order valence-electron chi connectivity index (χ2n) is 11.9. The van der Waals surface area contributed by atoms with Crippen molar-refractivity contribution in [2.75, 3.05) is 5.32 Å². The Labute approximate surface area is 234 Å². The molecule has 0 aromatic heterocycles. The van der Waals surface area contributed by atoms with Crippen LogP contribution in [0.4, 0.5) is 5.69 Å². The van der Waals surface area contributed by atoms with E-state index >= 15 is 0 Å². The summed E-state index contributed by atoms with van der Waals surface area (Å²) in [6.07, 6.45) is 13.2. The minimum absolute atomic E-state index is 0.0774. The molecule has 2 aliphatic carbocycles. The molecule has 0 radical (unpaired) electrons. The van der Waals surface area contributed by atoms with E-state index in [2.05, 4.69) is 131 Å². The van der Waals surface area contributed by atoms with E-state index in [0.29, 0.717) is 12.0 Å². The molecule has 0 saturated heterocycles. The van der Waals surface area contributed by atoms with Gasteiger partial charge in [0, 0.05) is 17.1 Å². The molecule has 3 atom stereocenters. The van der Waals surface area contributed by atoms with Crippen LogP contribution in [-0.2, 0) is 18.3 Å². The fraction of sp³-hybridized carbons (Fsp3) is 0.316.